The van der Waals surface area contributed by atoms with Crippen molar-refractivity contribution in [2.75, 3.05) is 5.73 Å². The van der Waals surface area contributed by atoms with Gasteiger partial charge in [-0.3, -0.25) is 4.68 Å². The average Bonchev–Trinajstić information content (AvgIpc) is 2.41. The highest BCUT2D eigenvalue weighted by Gasteiger charge is 2.14. The SMILES string of the molecule is Cc1ccc2c(N)nn(C)c2c1C(C)C. The second-order valence-electron chi connectivity index (χ2n) is 4.36. The Kier molecular flexibility index (Phi) is 2.18. The first-order valence-electron chi connectivity index (χ1n) is 5.24. The van der Waals surface area contributed by atoms with E-state index in [1.165, 1.54) is 16.6 Å². The number of benzene rings is 1. The summed E-state index contributed by atoms with van der Waals surface area (Å²) in [5.74, 6) is 1.11. The van der Waals surface area contributed by atoms with Crippen LogP contribution in [0, 0.1) is 6.92 Å². The van der Waals surface area contributed by atoms with Crippen molar-refractivity contribution in [1.82, 2.24) is 9.78 Å². The molecule has 0 aliphatic rings. The molecular weight excluding hydrogens is 186 g/mol. The molecule has 0 saturated carbocycles. The summed E-state index contributed by atoms with van der Waals surface area (Å²) in [5, 5.41) is 5.33. The van der Waals surface area contributed by atoms with Gasteiger partial charge in [0, 0.05) is 12.4 Å². The molecule has 3 nitrogen and oxygen atoms in total. The van der Waals surface area contributed by atoms with Crippen molar-refractivity contribution >= 4 is 16.7 Å². The Hall–Kier alpha value is -1.51. The fourth-order valence-corrected chi connectivity index (χ4v) is 2.26. The van der Waals surface area contributed by atoms with Gasteiger partial charge in [-0.1, -0.05) is 19.9 Å². The Bertz CT molecular complexity index is 509. The molecule has 0 spiro atoms. The molecule has 0 aliphatic heterocycles. The molecule has 0 saturated heterocycles. The third kappa shape index (κ3) is 1.39. The minimum Gasteiger partial charge on any atom is -0.382 e. The molecule has 1 aromatic carbocycles. The Morgan fingerprint density at radius 3 is 2.60 bits per heavy atom. The lowest BCUT2D eigenvalue weighted by atomic mass is 9.95. The largest absolute Gasteiger partial charge is 0.382 e. The van der Waals surface area contributed by atoms with Gasteiger partial charge in [0.25, 0.3) is 0 Å². The number of nitrogens with two attached hydrogens (primary N) is 1. The van der Waals surface area contributed by atoms with Gasteiger partial charge in [-0.15, -0.1) is 0 Å². The third-order valence-electron chi connectivity index (χ3n) is 2.87. The standard InChI is InChI=1S/C12H17N3/c1-7(2)10-8(3)5-6-9-11(10)15(4)14-12(9)13/h5-7H,1-4H3,(H2,13,14). The number of rotatable bonds is 1. The van der Waals surface area contributed by atoms with E-state index in [-0.39, 0.29) is 0 Å². The van der Waals surface area contributed by atoms with Crippen LogP contribution in [0.15, 0.2) is 12.1 Å². The lowest BCUT2D eigenvalue weighted by Crippen LogP contribution is -1.98. The molecule has 0 unspecified atom stereocenters. The monoisotopic (exact) mass is 203 g/mol. The Balaban J connectivity index is 2.92. The third-order valence-corrected chi connectivity index (χ3v) is 2.87. The van der Waals surface area contributed by atoms with Gasteiger partial charge in [0.2, 0.25) is 0 Å². The van der Waals surface area contributed by atoms with Gasteiger partial charge in [0.15, 0.2) is 5.82 Å². The fraction of sp³-hybridized carbons (Fsp3) is 0.417. The maximum Gasteiger partial charge on any atom is 0.153 e. The summed E-state index contributed by atoms with van der Waals surface area (Å²) in [4.78, 5) is 0. The van der Waals surface area contributed by atoms with Gasteiger partial charge in [-0.25, -0.2) is 0 Å². The average molecular weight is 203 g/mol. The summed E-state index contributed by atoms with van der Waals surface area (Å²) in [5.41, 5.74) is 9.69. The minimum absolute atomic E-state index is 0.489. The van der Waals surface area contributed by atoms with Gasteiger partial charge < -0.3 is 5.73 Å². The summed E-state index contributed by atoms with van der Waals surface area (Å²) < 4.78 is 1.88. The predicted octanol–water partition coefficient (Wildman–Crippen LogP) is 2.59. The normalized spacial score (nSPS) is 11.5. The Morgan fingerprint density at radius 2 is 2.00 bits per heavy atom. The number of nitrogen functional groups attached to an aromatic ring is 1. The smallest absolute Gasteiger partial charge is 0.153 e. The van der Waals surface area contributed by atoms with Crippen LogP contribution in [0.5, 0.6) is 0 Å². The van der Waals surface area contributed by atoms with E-state index in [0.29, 0.717) is 11.7 Å². The fourth-order valence-electron chi connectivity index (χ4n) is 2.26. The molecule has 0 amide bonds. The van der Waals surface area contributed by atoms with E-state index in [2.05, 4.69) is 38.0 Å². The van der Waals surface area contributed by atoms with Crippen molar-refractivity contribution in [3.8, 4) is 0 Å². The lowest BCUT2D eigenvalue weighted by molar-refractivity contribution is 0.781. The molecule has 15 heavy (non-hydrogen) atoms. The molecule has 1 heterocycles. The molecule has 3 heteroatoms. The second kappa shape index (κ2) is 3.26. The van der Waals surface area contributed by atoms with Crippen LogP contribution in [0.4, 0.5) is 5.82 Å². The van der Waals surface area contributed by atoms with Crippen molar-refractivity contribution in [3.63, 3.8) is 0 Å². The highest BCUT2D eigenvalue weighted by molar-refractivity contribution is 5.92. The molecule has 2 aromatic rings. The number of aromatic nitrogens is 2. The first kappa shape index (κ1) is 10.0. The van der Waals surface area contributed by atoms with E-state index in [1.807, 2.05) is 11.7 Å². The summed E-state index contributed by atoms with van der Waals surface area (Å²) in [6.07, 6.45) is 0. The molecule has 80 valence electrons. The van der Waals surface area contributed by atoms with Gasteiger partial charge in [-0.2, -0.15) is 5.10 Å². The highest BCUT2D eigenvalue weighted by Crippen LogP contribution is 2.30. The van der Waals surface area contributed by atoms with Crippen LogP contribution in [0.1, 0.15) is 30.9 Å². The molecular formula is C12H17N3. The Morgan fingerprint density at radius 1 is 1.33 bits per heavy atom. The number of anilines is 1. The number of hydrogen-bond acceptors (Lipinski definition) is 2. The van der Waals surface area contributed by atoms with Crippen molar-refractivity contribution in [3.05, 3.63) is 23.3 Å². The lowest BCUT2D eigenvalue weighted by Gasteiger charge is -2.12. The number of aryl methyl sites for hydroxylation is 2. The van der Waals surface area contributed by atoms with Crippen LogP contribution in [-0.2, 0) is 7.05 Å². The summed E-state index contributed by atoms with van der Waals surface area (Å²) in [6.45, 7) is 6.54. The van der Waals surface area contributed by atoms with Crippen molar-refractivity contribution in [2.45, 2.75) is 26.7 Å². The summed E-state index contributed by atoms with van der Waals surface area (Å²) >= 11 is 0. The number of hydrogen-bond donors (Lipinski definition) is 1. The number of fused-ring (bicyclic) bond motifs is 1. The maximum atomic E-state index is 5.86. The molecule has 0 fully saturated rings. The van der Waals surface area contributed by atoms with Gasteiger partial charge in [0.1, 0.15) is 0 Å². The molecule has 2 N–H and O–H groups in total. The molecule has 1 aromatic heterocycles. The minimum atomic E-state index is 0.489. The highest BCUT2D eigenvalue weighted by atomic mass is 15.3. The zero-order valence-electron chi connectivity index (χ0n) is 9.70. The maximum absolute atomic E-state index is 5.86. The van der Waals surface area contributed by atoms with Crippen LogP contribution in [-0.4, -0.2) is 9.78 Å². The van der Waals surface area contributed by atoms with Crippen LogP contribution in [0.25, 0.3) is 10.9 Å². The molecule has 0 radical (unpaired) electrons. The van der Waals surface area contributed by atoms with Gasteiger partial charge >= 0.3 is 0 Å². The summed E-state index contributed by atoms with van der Waals surface area (Å²) in [6, 6.07) is 4.18. The van der Waals surface area contributed by atoms with Crippen LogP contribution >= 0.6 is 0 Å². The van der Waals surface area contributed by atoms with E-state index in [4.69, 9.17) is 5.73 Å². The molecule has 0 atom stereocenters. The summed E-state index contributed by atoms with van der Waals surface area (Å²) in [7, 11) is 1.95. The molecule has 0 aliphatic carbocycles. The van der Waals surface area contributed by atoms with E-state index < -0.39 is 0 Å². The van der Waals surface area contributed by atoms with Crippen molar-refractivity contribution < 1.29 is 0 Å². The van der Waals surface area contributed by atoms with Gasteiger partial charge in [-0.05, 0) is 30.0 Å². The molecule has 0 bridgehead atoms. The topological polar surface area (TPSA) is 43.8 Å². The van der Waals surface area contributed by atoms with Crippen molar-refractivity contribution in [1.29, 1.82) is 0 Å². The van der Waals surface area contributed by atoms with Gasteiger partial charge in [0.05, 0.1) is 5.52 Å². The zero-order chi connectivity index (χ0) is 11.2. The van der Waals surface area contributed by atoms with Crippen LogP contribution in [0.2, 0.25) is 0 Å². The molecule has 2 rings (SSSR count). The predicted molar refractivity (Wildman–Crippen MR) is 64.0 cm³/mol. The Labute approximate surface area is 89.9 Å². The van der Waals surface area contributed by atoms with E-state index in [0.717, 1.165) is 5.39 Å². The van der Waals surface area contributed by atoms with E-state index in [9.17, 15) is 0 Å². The van der Waals surface area contributed by atoms with Crippen molar-refractivity contribution in [2.24, 2.45) is 7.05 Å². The van der Waals surface area contributed by atoms with Crippen LogP contribution in [0.3, 0.4) is 0 Å². The second-order valence-corrected chi connectivity index (χ2v) is 4.36. The van der Waals surface area contributed by atoms with Crippen LogP contribution < -0.4 is 5.73 Å². The van der Waals surface area contributed by atoms with E-state index in [1.54, 1.807) is 0 Å². The zero-order valence-corrected chi connectivity index (χ0v) is 9.70. The van der Waals surface area contributed by atoms with E-state index >= 15 is 0 Å². The quantitative estimate of drug-likeness (QED) is 0.774. The first-order valence-corrected chi connectivity index (χ1v) is 5.24. The number of nitrogens with zero attached hydrogens (tertiary/aromatic N) is 2. The first-order chi connectivity index (χ1) is 7.02.